The van der Waals surface area contributed by atoms with Crippen LogP contribution in [0.3, 0.4) is 0 Å². The number of aliphatic carboxylic acids is 1. The third kappa shape index (κ3) is 22.6. The van der Waals surface area contributed by atoms with Crippen molar-refractivity contribution in [1.29, 1.82) is 0 Å². The van der Waals surface area contributed by atoms with E-state index in [1.54, 1.807) is 6.08 Å². The van der Waals surface area contributed by atoms with Crippen LogP contribution in [0, 0.1) is 0 Å². The van der Waals surface area contributed by atoms with E-state index in [2.05, 4.69) is 36.6 Å². The fourth-order valence-electron chi connectivity index (χ4n) is 9.76. The van der Waals surface area contributed by atoms with Gasteiger partial charge in [0.2, 0.25) is 11.8 Å². The first-order valence-electron chi connectivity index (χ1n) is 28.2. The molecular formula is C54H96N2O21. The summed E-state index contributed by atoms with van der Waals surface area (Å²) < 4.78 is 34.5. The first-order chi connectivity index (χ1) is 36.9. The molecule has 0 saturated carbocycles. The number of hydrogen-bond donors (Lipinski definition) is 14. The van der Waals surface area contributed by atoms with Gasteiger partial charge in [0.1, 0.15) is 67.1 Å². The fourth-order valence-corrected chi connectivity index (χ4v) is 9.76. The van der Waals surface area contributed by atoms with E-state index in [9.17, 15) is 75.7 Å². The molecule has 14 N–H and O–H groups in total. The molecule has 23 nitrogen and oxygen atoms in total. The number of rotatable bonds is 39. The average molecular weight is 1110 g/mol. The molecule has 0 aromatic carbocycles. The Labute approximate surface area is 453 Å². The minimum Gasteiger partial charge on any atom is -0.477 e. The smallest absolute Gasteiger partial charge is 0.364 e. The van der Waals surface area contributed by atoms with Crippen molar-refractivity contribution >= 4 is 17.8 Å². The molecule has 2 amide bonds. The van der Waals surface area contributed by atoms with Gasteiger partial charge in [-0.25, -0.2) is 4.79 Å². The predicted molar refractivity (Wildman–Crippen MR) is 278 cm³/mol. The van der Waals surface area contributed by atoms with E-state index in [0.29, 0.717) is 12.8 Å². The monoisotopic (exact) mass is 1110 g/mol. The van der Waals surface area contributed by atoms with E-state index in [0.717, 1.165) is 64.7 Å². The number of carboxylic acids is 1. The molecule has 0 bridgehead atoms. The third-order valence-corrected chi connectivity index (χ3v) is 14.4. The van der Waals surface area contributed by atoms with Crippen LogP contribution >= 0.6 is 0 Å². The average Bonchev–Trinajstić information content (AvgIpc) is 3.40. The van der Waals surface area contributed by atoms with E-state index in [1.165, 1.54) is 57.8 Å². The highest BCUT2D eigenvalue weighted by molar-refractivity contribution is 5.77. The van der Waals surface area contributed by atoms with Crippen LogP contribution in [0.2, 0.25) is 0 Å². The maximum atomic E-state index is 13.3. The minimum atomic E-state index is -3.08. The predicted octanol–water partition coefficient (Wildman–Crippen LogP) is 0.991. The van der Waals surface area contributed by atoms with Crippen LogP contribution in [0.1, 0.15) is 162 Å². The van der Waals surface area contributed by atoms with E-state index in [-0.39, 0.29) is 12.3 Å². The Bertz CT molecular complexity index is 1700. The second-order valence-electron chi connectivity index (χ2n) is 20.8. The number of carbonyl (C=O) groups is 3. The van der Waals surface area contributed by atoms with Gasteiger partial charge < -0.3 is 100 Å². The summed E-state index contributed by atoms with van der Waals surface area (Å²) in [6.45, 7) is 2.01. The molecule has 0 aromatic heterocycles. The molecule has 23 heteroatoms. The zero-order chi connectivity index (χ0) is 56.9. The van der Waals surface area contributed by atoms with Gasteiger partial charge in [0, 0.05) is 19.8 Å². The molecule has 3 fully saturated rings. The number of amides is 2. The molecule has 3 aliphatic heterocycles. The first kappa shape index (κ1) is 68.5. The molecule has 0 spiro atoms. The summed E-state index contributed by atoms with van der Waals surface area (Å²) in [6, 6.07) is -2.62. The van der Waals surface area contributed by atoms with Gasteiger partial charge in [-0.05, 0) is 44.9 Å². The molecule has 448 valence electrons. The van der Waals surface area contributed by atoms with Crippen molar-refractivity contribution in [2.24, 2.45) is 0 Å². The summed E-state index contributed by atoms with van der Waals surface area (Å²) >= 11 is 0. The topological polar surface area (TPSA) is 373 Å². The highest BCUT2D eigenvalue weighted by Gasteiger charge is 2.60. The van der Waals surface area contributed by atoms with E-state index >= 15 is 0 Å². The number of unbranched alkanes of at least 4 members (excludes halogenated alkanes) is 17. The number of ether oxygens (including phenoxy) is 6. The summed E-state index contributed by atoms with van der Waals surface area (Å²) in [5.41, 5.74) is 0. The van der Waals surface area contributed by atoms with Crippen molar-refractivity contribution in [3.63, 3.8) is 0 Å². The van der Waals surface area contributed by atoms with Gasteiger partial charge in [0.25, 0.3) is 5.79 Å². The minimum absolute atomic E-state index is 0.189. The highest BCUT2D eigenvalue weighted by atomic mass is 16.8. The molecule has 3 rings (SSSR count). The lowest BCUT2D eigenvalue weighted by atomic mass is 9.88. The molecule has 18 unspecified atom stereocenters. The number of aliphatic hydroxyl groups excluding tert-OH is 11. The van der Waals surface area contributed by atoms with Crippen molar-refractivity contribution in [1.82, 2.24) is 10.6 Å². The quantitative estimate of drug-likeness (QED) is 0.0301. The van der Waals surface area contributed by atoms with Crippen molar-refractivity contribution in [2.45, 2.75) is 272 Å². The molecule has 3 saturated heterocycles. The Kier molecular flexibility index (Phi) is 33.1. The summed E-state index contributed by atoms with van der Waals surface area (Å²) in [5.74, 6) is -6.16. The van der Waals surface area contributed by atoms with Crippen LogP contribution in [-0.4, -0.2) is 215 Å². The lowest BCUT2D eigenvalue weighted by molar-refractivity contribution is -0.386. The normalized spacial score (nSPS) is 31.5. The van der Waals surface area contributed by atoms with Crippen molar-refractivity contribution in [2.75, 3.05) is 26.4 Å². The summed E-state index contributed by atoms with van der Waals surface area (Å²) in [7, 11) is 0. The Balaban J connectivity index is 1.72. The number of carbonyl (C=O) groups excluding carboxylic acids is 2. The van der Waals surface area contributed by atoms with E-state index < -0.39 is 155 Å². The number of allylic oxidation sites excluding steroid dienone is 3. The third-order valence-electron chi connectivity index (χ3n) is 14.4. The second-order valence-corrected chi connectivity index (χ2v) is 20.8. The maximum Gasteiger partial charge on any atom is 0.364 e. The summed E-state index contributed by atoms with van der Waals surface area (Å²) in [6.07, 6.45) is -0.0926. The summed E-state index contributed by atoms with van der Waals surface area (Å²) in [4.78, 5) is 38.2. The zero-order valence-electron chi connectivity index (χ0n) is 45.5. The van der Waals surface area contributed by atoms with Crippen LogP contribution in [0.25, 0.3) is 0 Å². The van der Waals surface area contributed by atoms with Crippen LogP contribution in [0.5, 0.6) is 0 Å². The number of nitrogens with one attached hydrogen (secondary N) is 2. The van der Waals surface area contributed by atoms with Crippen LogP contribution in [0.15, 0.2) is 24.3 Å². The summed E-state index contributed by atoms with van der Waals surface area (Å²) in [5, 5.41) is 135. The van der Waals surface area contributed by atoms with Gasteiger partial charge in [-0.1, -0.05) is 122 Å². The van der Waals surface area contributed by atoms with Gasteiger partial charge in [0.05, 0.1) is 50.7 Å². The maximum absolute atomic E-state index is 13.3. The molecule has 18 atom stereocenters. The lowest BCUT2D eigenvalue weighted by Gasteiger charge is -2.50. The van der Waals surface area contributed by atoms with Gasteiger partial charge >= 0.3 is 5.97 Å². The van der Waals surface area contributed by atoms with Crippen molar-refractivity contribution in [3.05, 3.63) is 24.3 Å². The SMILES string of the molecule is CCCCC/C=C\CCCCCCCC(=O)NC(COC1OC(CO)C(OC2OC(CO)C(O)C(OC3(C(=O)O)CC(O)C(NC(C)=O)C(C(O)C(O)CO)O3)C2O)C(O)C1O)C(O)/C=C/CCCCCCCCCCC. The van der Waals surface area contributed by atoms with Gasteiger partial charge in [-0.15, -0.1) is 0 Å². The zero-order valence-corrected chi connectivity index (χ0v) is 45.5. The standard InChI is InChI=1S/C54H96N2O21/c1-4-6-8-10-12-14-16-18-20-22-24-26-28-41(64)56-35(36(61)27-25-23-21-19-17-15-13-11-9-7-5-2)33-72-51-46(68)45(67)48(40(32-59)74-51)75-52-47(69)50(44(66)39(31-58)73-52)77-54(53(70)71)29-37(62)42(55-34(3)60)49(76-54)43(65)38(63)30-57/h12,14,25,27,35-40,42-52,57-59,61-63,65-69H,4-11,13,15-24,26,28-33H2,1-3H3,(H,55,60)(H,56,64)(H,70,71)/b14-12-,27-25+. The molecule has 77 heavy (non-hydrogen) atoms. The Morgan fingerprint density at radius 2 is 1.22 bits per heavy atom. The second kappa shape index (κ2) is 37.3. The largest absolute Gasteiger partial charge is 0.477 e. The Morgan fingerprint density at radius 1 is 0.675 bits per heavy atom. The first-order valence-corrected chi connectivity index (χ1v) is 28.2. The molecular weight excluding hydrogens is 1010 g/mol. The van der Waals surface area contributed by atoms with Crippen LogP contribution in [0.4, 0.5) is 0 Å². The fraction of sp³-hybridized carbons (Fsp3) is 0.870. The van der Waals surface area contributed by atoms with Crippen LogP contribution in [-0.2, 0) is 42.8 Å². The van der Waals surface area contributed by atoms with Crippen LogP contribution < -0.4 is 10.6 Å². The lowest BCUT2D eigenvalue weighted by Crippen LogP contribution is -2.70. The number of carboxylic acid groups (broad SMARTS) is 1. The van der Waals surface area contributed by atoms with E-state index in [4.69, 9.17) is 28.4 Å². The van der Waals surface area contributed by atoms with Gasteiger partial charge in [-0.2, -0.15) is 0 Å². The van der Waals surface area contributed by atoms with Gasteiger partial charge in [-0.3, -0.25) is 9.59 Å². The van der Waals surface area contributed by atoms with Gasteiger partial charge in [0.15, 0.2) is 12.6 Å². The van der Waals surface area contributed by atoms with E-state index in [1.807, 2.05) is 6.08 Å². The number of aliphatic hydroxyl groups is 11. The molecule has 0 radical (unpaired) electrons. The van der Waals surface area contributed by atoms with Crippen molar-refractivity contribution < 1.29 is 104 Å². The van der Waals surface area contributed by atoms with Crippen molar-refractivity contribution in [3.8, 4) is 0 Å². The Morgan fingerprint density at radius 3 is 1.79 bits per heavy atom. The molecule has 0 aromatic rings. The number of hydrogen-bond acceptors (Lipinski definition) is 20. The Hall–Kier alpha value is -2.79. The highest BCUT2D eigenvalue weighted by Crippen LogP contribution is 2.38. The molecule has 0 aliphatic carbocycles. The molecule has 3 aliphatic rings. The molecule has 3 heterocycles.